The normalized spacial score (nSPS) is 15.8. The molecular formula is C25H41ClN6O2. The van der Waals surface area contributed by atoms with Crippen LogP contribution in [0.4, 0.5) is 5.82 Å². The fourth-order valence-electron chi connectivity index (χ4n) is 4.28. The van der Waals surface area contributed by atoms with E-state index >= 15 is 0 Å². The monoisotopic (exact) mass is 492 g/mol. The van der Waals surface area contributed by atoms with Gasteiger partial charge < -0.3 is 9.47 Å². The van der Waals surface area contributed by atoms with Gasteiger partial charge in [0.25, 0.3) is 5.56 Å². The van der Waals surface area contributed by atoms with Crippen LogP contribution < -0.4 is 16.1 Å². The van der Waals surface area contributed by atoms with Gasteiger partial charge in [0, 0.05) is 67.7 Å². The molecule has 1 fully saturated rings. The Labute approximate surface area is 209 Å². The molecule has 1 atom stereocenters. The summed E-state index contributed by atoms with van der Waals surface area (Å²) in [6.07, 6.45) is 5.62. The van der Waals surface area contributed by atoms with Gasteiger partial charge in [0.2, 0.25) is 0 Å². The van der Waals surface area contributed by atoms with Crippen molar-refractivity contribution in [3.63, 3.8) is 0 Å². The Morgan fingerprint density at radius 1 is 1.12 bits per heavy atom. The Kier molecular flexibility index (Phi) is 9.88. The second-order valence-electron chi connectivity index (χ2n) is 10.3. The zero-order chi connectivity index (χ0) is 24.2. The Hall–Kier alpha value is -2.19. The number of nitrogens with zero attached hydrogens (tertiary/aromatic N) is 5. The Balaban J connectivity index is 0.00000408. The molecule has 3 rings (SSSR count). The van der Waals surface area contributed by atoms with E-state index in [9.17, 15) is 9.59 Å². The van der Waals surface area contributed by atoms with Gasteiger partial charge in [-0.15, -0.1) is 12.4 Å². The van der Waals surface area contributed by atoms with Gasteiger partial charge in [-0.1, -0.05) is 34.1 Å². The summed E-state index contributed by atoms with van der Waals surface area (Å²) >= 11 is 0. The van der Waals surface area contributed by atoms with Gasteiger partial charge in [-0.2, -0.15) is 0 Å². The second kappa shape index (κ2) is 12.0. The molecule has 2 aromatic rings. The molecule has 190 valence electrons. The van der Waals surface area contributed by atoms with Crippen molar-refractivity contribution in [2.45, 2.75) is 85.2 Å². The standard InChI is InChI=1S/C25H40N6O2.ClH/c1-7-9-20-16-21(27-23(26-20)25(4,5)6)30-14-12-29(13-15-30)19(3)10-8-11-31-17-18(2)22(32)28-24(31)33;/h16-17,19H,7-15H2,1-6H3,(H,28,32,33);1H. The smallest absolute Gasteiger partial charge is 0.328 e. The molecule has 8 nitrogen and oxygen atoms in total. The fourth-order valence-corrected chi connectivity index (χ4v) is 4.28. The Morgan fingerprint density at radius 3 is 2.41 bits per heavy atom. The summed E-state index contributed by atoms with van der Waals surface area (Å²) < 4.78 is 1.61. The van der Waals surface area contributed by atoms with Gasteiger partial charge in [0.15, 0.2) is 0 Å². The maximum Gasteiger partial charge on any atom is 0.328 e. The quantitative estimate of drug-likeness (QED) is 0.608. The number of anilines is 1. The predicted molar refractivity (Wildman–Crippen MR) is 141 cm³/mol. The van der Waals surface area contributed by atoms with Crippen LogP contribution in [0.2, 0.25) is 0 Å². The zero-order valence-corrected chi connectivity index (χ0v) is 22.4. The molecule has 0 bridgehead atoms. The molecule has 0 amide bonds. The van der Waals surface area contributed by atoms with Crippen LogP contribution in [0.15, 0.2) is 21.9 Å². The zero-order valence-electron chi connectivity index (χ0n) is 21.6. The van der Waals surface area contributed by atoms with Gasteiger partial charge in [0.1, 0.15) is 11.6 Å². The number of rotatable bonds is 8. The van der Waals surface area contributed by atoms with Gasteiger partial charge in [-0.3, -0.25) is 14.7 Å². The van der Waals surface area contributed by atoms with Gasteiger partial charge in [-0.05, 0) is 33.1 Å². The van der Waals surface area contributed by atoms with Crippen molar-refractivity contribution in [1.82, 2.24) is 24.4 Å². The maximum atomic E-state index is 12.0. The van der Waals surface area contributed by atoms with Crippen molar-refractivity contribution < 1.29 is 0 Å². The first-order valence-corrected chi connectivity index (χ1v) is 12.3. The van der Waals surface area contributed by atoms with Crippen molar-refractivity contribution in [3.8, 4) is 0 Å². The molecule has 9 heteroatoms. The highest BCUT2D eigenvalue weighted by Crippen LogP contribution is 2.24. The number of hydrogen-bond acceptors (Lipinski definition) is 6. The molecular weight excluding hydrogens is 452 g/mol. The number of H-pyrrole nitrogens is 1. The highest BCUT2D eigenvalue weighted by Gasteiger charge is 2.24. The molecule has 1 N–H and O–H groups in total. The average molecular weight is 493 g/mol. The molecule has 1 aliphatic heterocycles. The van der Waals surface area contributed by atoms with Crippen LogP contribution in [0.3, 0.4) is 0 Å². The van der Waals surface area contributed by atoms with Crippen LogP contribution in [-0.4, -0.2) is 56.6 Å². The summed E-state index contributed by atoms with van der Waals surface area (Å²) in [5, 5.41) is 0. The van der Waals surface area contributed by atoms with Crippen molar-refractivity contribution >= 4 is 18.2 Å². The van der Waals surface area contributed by atoms with Crippen LogP contribution in [-0.2, 0) is 18.4 Å². The first-order valence-electron chi connectivity index (χ1n) is 12.3. The van der Waals surface area contributed by atoms with E-state index in [0.717, 1.165) is 69.2 Å². The fraction of sp³-hybridized carbons (Fsp3) is 0.680. The maximum absolute atomic E-state index is 12.0. The second-order valence-corrected chi connectivity index (χ2v) is 10.3. The molecule has 34 heavy (non-hydrogen) atoms. The summed E-state index contributed by atoms with van der Waals surface area (Å²) in [4.78, 5) is 40.5. The molecule has 0 aliphatic carbocycles. The molecule has 0 saturated carbocycles. The van der Waals surface area contributed by atoms with Crippen molar-refractivity contribution in [2.75, 3.05) is 31.1 Å². The summed E-state index contributed by atoms with van der Waals surface area (Å²) in [5.41, 5.74) is 1.01. The number of aromatic nitrogens is 4. The third-order valence-corrected chi connectivity index (χ3v) is 6.41. The largest absolute Gasteiger partial charge is 0.354 e. The van der Waals surface area contributed by atoms with Crippen LogP contribution in [0.25, 0.3) is 0 Å². The number of aromatic amines is 1. The molecule has 1 unspecified atom stereocenters. The third kappa shape index (κ3) is 7.15. The first-order chi connectivity index (χ1) is 15.6. The molecule has 0 radical (unpaired) electrons. The molecule has 1 saturated heterocycles. The highest BCUT2D eigenvalue weighted by molar-refractivity contribution is 5.85. The number of aryl methyl sites for hydroxylation is 3. The van der Waals surface area contributed by atoms with E-state index < -0.39 is 0 Å². The lowest BCUT2D eigenvalue weighted by molar-refractivity contribution is 0.184. The predicted octanol–water partition coefficient (Wildman–Crippen LogP) is 3.30. The molecule has 3 heterocycles. The van der Waals surface area contributed by atoms with Crippen molar-refractivity contribution in [1.29, 1.82) is 0 Å². The minimum atomic E-state index is -0.325. The lowest BCUT2D eigenvalue weighted by atomic mass is 9.95. The van der Waals surface area contributed by atoms with E-state index in [0.29, 0.717) is 18.2 Å². The van der Waals surface area contributed by atoms with Gasteiger partial charge in [-0.25, -0.2) is 14.8 Å². The van der Waals surface area contributed by atoms with Crippen molar-refractivity contribution in [3.05, 3.63) is 50.2 Å². The number of hydrogen-bond donors (Lipinski definition) is 1. The summed E-state index contributed by atoms with van der Waals surface area (Å²) in [6.45, 7) is 17.2. The molecule has 1 aliphatic rings. The van der Waals surface area contributed by atoms with Crippen molar-refractivity contribution in [2.24, 2.45) is 0 Å². The van der Waals surface area contributed by atoms with Gasteiger partial charge >= 0.3 is 5.69 Å². The highest BCUT2D eigenvalue weighted by atomic mass is 35.5. The SMILES string of the molecule is CCCc1cc(N2CCN(C(C)CCCn3cc(C)c(=O)[nH]c3=O)CC2)nc(C(C)(C)C)n1.Cl. The van der Waals surface area contributed by atoms with E-state index in [1.165, 1.54) is 0 Å². The number of halogens is 1. The third-order valence-electron chi connectivity index (χ3n) is 6.41. The summed E-state index contributed by atoms with van der Waals surface area (Å²) in [6, 6.07) is 2.61. The van der Waals surface area contributed by atoms with Gasteiger partial charge in [0.05, 0.1) is 0 Å². The van der Waals surface area contributed by atoms with E-state index in [1.807, 2.05) is 0 Å². The lowest BCUT2D eigenvalue weighted by Gasteiger charge is -2.39. The first kappa shape index (κ1) is 28.1. The van der Waals surface area contributed by atoms with Crippen LogP contribution in [0.1, 0.15) is 71.0 Å². The minimum absolute atomic E-state index is 0. The lowest BCUT2D eigenvalue weighted by Crippen LogP contribution is -2.50. The topological polar surface area (TPSA) is 87.1 Å². The summed E-state index contributed by atoms with van der Waals surface area (Å²) in [7, 11) is 0. The number of piperazine rings is 1. The number of nitrogens with one attached hydrogen (secondary N) is 1. The van der Waals surface area contributed by atoms with E-state index in [4.69, 9.17) is 9.97 Å². The van der Waals surface area contributed by atoms with E-state index in [-0.39, 0.29) is 29.1 Å². The van der Waals surface area contributed by atoms with E-state index in [2.05, 4.69) is 55.5 Å². The Morgan fingerprint density at radius 2 is 1.79 bits per heavy atom. The molecule has 0 spiro atoms. The average Bonchev–Trinajstić information content (AvgIpc) is 2.76. The van der Waals surface area contributed by atoms with Crippen LogP contribution in [0, 0.1) is 6.92 Å². The van der Waals surface area contributed by atoms with Crippen LogP contribution >= 0.6 is 12.4 Å². The molecule has 0 aromatic carbocycles. The van der Waals surface area contributed by atoms with E-state index in [1.54, 1.807) is 17.7 Å². The minimum Gasteiger partial charge on any atom is -0.354 e. The summed E-state index contributed by atoms with van der Waals surface area (Å²) in [5.74, 6) is 1.98. The molecule has 2 aromatic heterocycles. The Bertz CT molecular complexity index is 1050. The van der Waals surface area contributed by atoms with Crippen LogP contribution in [0.5, 0.6) is 0 Å².